The standard InChI is InChI=1S/C8H8BrClO.C8H8BrCl.C7H4BrClO/c1-5(11)8-6(9)3-2-4-7(8)10;1-2-6-7(9)4-3-5-8(6)10;8-6-2-1-3-7(9)5(6)4-10/h2-5,11H,1H3;3-5H,2H2,1H3;1-4H. The highest BCUT2D eigenvalue weighted by Gasteiger charge is 2.09. The van der Waals surface area contributed by atoms with Crippen LogP contribution in [-0.2, 0) is 6.42 Å². The molecule has 3 aromatic rings. The summed E-state index contributed by atoms with van der Waals surface area (Å²) in [7, 11) is 0. The molecule has 0 radical (unpaired) electrons. The van der Waals surface area contributed by atoms with Gasteiger partial charge >= 0.3 is 0 Å². The molecule has 0 aliphatic rings. The number of hydrogen-bond acceptors (Lipinski definition) is 2. The maximum atomic E-state index is 10.3. The molecule has 31 heavy (non-hydrogen) atoms. The lowest BCUT2D eigenvalue weighted by molar-refractivity contribution is 0.112. The number of halogens is 6. The third-order valence-corrected chi connectivity index (χ3v) is 7.09. The molecule has 3 aromatic carbocycles. The Morgan fingerprint density at radius 1 is 0.839 bits per heavy atom. The number of aliphatic hydroxyl groups excluding tert-OH is 1. The van der Waals surface area contributed by atoms with Crippen molar-refractivity contribution in [1.82, 2.24) is 0 Å². The minimum absolute atomic E-state index is 0.476. The smallest absolute Gasteiger partial charge is 0.152 e. The van der Waals surface area contributed by atoms with Gasteiger partial charge in [0.05, 0.1) is 11.1 Å². The summed E-state index contributed by atoms with van der Waals surface area (Å²) in [5.41, 5.74) is 2.43. The Labute approximate surface area is 223 Å². The molecule has 0 fully saturated rings. The Kier molecular flexibility index (Phi) is 13.6. The van der Waals surface area contributed by atoms with Gasteiger partial charge in [0.25, 0.3) is 0 Å². The van der Waals surface area contributed by atoms with Gasteiger partial charge in [-0.25, -0.2) is 0 Å². The Morgan fingerprint density at radius 3 is 1.65 bits per heavy atom. The fraction of sp³-hybridized carbons (Fsp3) is 0.174. The van der Waals surface area contributed by atoms with Crippen molar-refractivity contribution < 1.29 is 9.90 Å². The van der Waals surface area contributed by atoms with Crippen molar-refractivity contribution in [3.63, 3.8) is 0 Å². The Balaban J connectivity index is 0.000000233. The van der Waals surface area contributed by atoms with Gasteiger partial charge in [0.2, 0.25) is 0 Å². The van der Waals surface area contributed by atoms with Crippen molar-refractivity contribution in [2.75, 3.05) is 0 Å². The highest BCUT2D eigenvalue weighted by molar-refractivity contribution is 9.11. The van der Waals surface area contributed by atoms with Gasteiger partial charge in [-0.3, -0.25) is 4.79 Å². The molecule has 2 nitrogen and oxygen atoms in total. The molecule has 0 aliphatic heterocycles. The largest absolute Gasteiger partial charge is 0.389 e. The molecule has 1 N–H and O–H groups in total. The predicted octanol–water partition coefficient (Wildman–Crippen LogP) is 9.74. The quantitative estimate of drug-likeness (QED) is 0.281. The molecule has 8 heteroatoms. The van der Waals surface area contributed by atoms with Gasteiger partial charge in [0.15, 0.2) is 6.29 Å². The van der Waals surface area contributed by atoms with Crippen LogP contribution >= 0.6 is 82.6 Å². The zero-order valence-corrected chi connectivity index (χ0v) is 23.7. The molecule has 3 rings (SSSR count). The normalized spacial score (nSPS) is 10.9. The number of hydrogen-bond donors (Lipinski definition) is 1. The van der Waals surface area contributed by atoms with Crippen LogP contribution < -0.4 is 0 Å². The van der Waals surface area contributed by atoms with E-state index in [0.29, 0.717) is 15.6 Å². The fourth-order valence-corrected chi connectivity index (χ4v) is 5.41. The lowest BCUT2D eigenvalue weighted by atomic mass is 10.1. The van der Waals surface area contributed by atoms with Gasteiger partial charge in [0, 0.05) is 34.6 Å². The van der Waals surface area contributed by atoms with Crippen molar-refractivity contribution >= 4 is 88.9 Å². The van der Waals surface area contributed by atoms with Crippen LogP contribution in [-0.4, -0.2) is 11.4 Å². The van der Waals surface area contributed by atoms with Crippen LogP contribution in [0.5, 0.6) is 0 Å². The van der Waals surface area contributed by atoms with Crippen LogP contribution in [0.4, 0.5) is 0 Å². The molecule has 0 spiro atoms. The number of aldehydes is 1. The second-order valence-electron chi connectivity index (χ2n) is 6.12. The van der Waals surface area contributed by atoms with Gasteiger partial charge in [-0.15, -0.1) is 0 Å². The minimum Gasteiger partial charge on any atom is -0.389 e. The summed E-state index contributed by atoms with van der Waals surface area (Å²) < 4.78 is 2.68. The second-order valence-corrected chi connectivity index (χ2v) is 9.90. The molecular formula is C23H20Br3Cl3O2. The molecular weight excluding hydrogens is 654 g/mol. The van der Waals surface area contributed by atoms with E-state index < -0.39 is 6.10 Å². The first-order chi connectivity index (χ1) is 14.6. The third kappa shape index (κ3) is 9.17. The van der Waals surface area contributed by atoms with Gasteiger partial charge in [-0.05, 0) is 55.3 Å². The van der Waals surface area contributed by atoms with E-state index in [1.165, 1.54) is 5.56 Å². The number of rotatable bonds is 3. The van der Waals surface area contributed by atoms with E-state index in [2.05, 4.69) is 54.7 Å². The van der Waals surface area contributed by atoms with E-state index >= 15 is 0 Å². The number of carbonyl (C=O) groups excluding carboxylic acids is 1. The summed E-state index contributed by atoms with van der Waals surface area (Å²) in [5.74, 6) is 0. The first kappa shape index (κ1) is 28.6. The number of benzene rings is 3. The van der Waals surface area contributed by atoms with Crippen LogP contribution in [0.25, 0.3) is 0 Å². The molecule has 0 aromatic heterocycles. The summed E-state index contributed by atoms with van der Waals surface area (Å²) in [6.45, 7) is 3.78. The van der Waals surface area contributed by atoms with Crippen molar-refractivity contribution in [2.24, 2.45) is 0 Å². The Morgan fingerprint density at radius 2 is 1.32 bits per heavy atom. The lowest BCUT2D eigenvalue weighted by Crippen LogP contribution is -1.93. The van der Waals surface area contributed by atoms with Crippen LogP contribution in [0.2, 0.25) is 15.1 Å². The predicted molar refractivity (Wildman–Crippen MR) is 143 cm³/mol. The third-order valence-electron chi connectivity index (χ3n) is 3.95. The van der Waals surface area contributed by atoms with E-state index in [4.69, 9.17) is 34.8 Å². The van der Waals surface area contributed by atoms with Crippen molar-refractivity contribution in [3.05, 3.63) is 99.8 Å². The first-order valence-corrected chi connectivity index (χ1v) is 12.6. The summed E-state index contributed by atoms with van der Waals surface area (Å²) >= 11 is 27.3. The zero-order chi connectivity index (χ0) is 23.6. The van der Waals surface area contributed by atoms with E-state index in [9.17, 15) is 9.90 Å². The van der Waals surface area contributed by atoms with Gasteiger partial charge in [0.1, 0.15) is 0 Å². The lowest BCUT2D eigenvalue weighted by Gasteiger charge is -2.08. The zero-order valence-electron chi connectivity index (χ0n) is 16.7. The number of carbonyl (C=O) groups is 1. The van der Waals surface area contributed by atoms with Gasteiger partial charge in [-0.2, -0.15) is 0 Å². The molecule has 0 saturated carbocycles. The molecule has 0 amide bonds. The Hall–Kier alpha value is -0.400. The van der Waals surface area contributed by atoms with E-state index in [1.807, 2.05) is 30.3 Å². The maximum Gasteiger partial charge on any atom is 0.152 e. The summed E-state index contributed by atoms with van der Waals surface area (Å²) in [5, 5.41) is 11.2. The Bertz CT molecular complexity index is 951. The van der Waals surface area contributed by atoms with Gasteiger partial charge in [-0.1, -0.05) is 108 Å². The molecule has 0 aliphatic carbocycles. The molecule has 0 heterocycles. The summed E-state index contributed by atoms with van der Waals surface area (Å²) in [6.07, 6.45) is 1.17. The monoisotopic (exact) mass is 670 g/mol. The van der Waals surface area contributed by atoms with E-state index in [0.717, 1.165) is 36.7 Å². The van der Waals surface area contributed by atoms with Crippen LogP contribution in [0.1, 0.15) is 41.4 Å². The first-order valence-electron chi connectivity index (χ1n) is 9.08. The van der Waals surface area contributed by atoms with Crippen LogP contribution in [0.15, 0.2) is 68.0 Å². The van der Waals surface area contributed by atoms with Crippen molar-refractivity contribution in [3.8, 4) is 0 Å². The van der Waals surface area contributed by atoms with Gasteiger partial charge < -0.3 is 5.11 Å². The fourth-order valence-electron chi connectivity index (χ4n) is 2.40. The van der Waals surface area contributed by atoms with Crippen LogP contribution in [0.3, 0.4) is 0 Å². The van der Waals surface area contributed by atoms with Crippen LogP contribution in [0, 0.1) is 0 Å². The highest BCUT2D eigenvalue weighted by atomic mass is 79.9. The average Bonchev–Trinajstić information content (AvgIpc) is 2.69. The summed E-state index contributed by atoms with van der Waals surface area (Å²) in [6, 6.07) is 16.5. The molecule has 1 unspecified atom stereocenters. The second kappa shape index (κ2) is 14.7. The topological polar surface area (TPSA) is 37.3 Å². The van der Waals surface area contributed by atoms with Crippen molar-refractivity contribution in [1.29, 1.82) is 0 Å². The molecule has 166 valence electrons. The number of aliphatic hydroxyl groups is 1. The molecule has 0 saturated heterocycles. The van der Waals surface area contributed by atoms with E-state index in [-0.39, 0.29) is 0 Å². The molecule has 0 bridgehead atoms. The average molecular weight is 674 g/mol. The highest BCUT2D eigenvalue weighted by Crippen LogP contribution is 2.30. The summed E-state index contributed by atoms with van der Waals surface area (Å²) in [4.78, 5) is 10.3. The molecule has 1 atom stereocenters. The maximum absolute atomic E-state index is 10.3. The van der Waals surface area contributed by atoms with Crippen molar-refractivity contribution in [2.45, 2.75) is 26.4 Å². The minimum atomic E-state index is -0.530. The van der Waals surface area contributed by atoms with E-state index in [1.54, 1.807) is 31.2 Å². The SMILES string of the molecule is CC(O)c1c(Cl)cccc1Br.CCc1c(Cl)cccc1Br.O=Cc1c(Cl)cccc1Br.